The van der Waals surface area contributed by atoms with Crippen LogP contribution in [-0.2, 0) is 16.3 Å². The van der Waals surface area contributed by atoms with Gasteiger partial charge >= 0.3 is 0 Å². The lowest BCUT2D eigenvalue weighted by atomic mass is 10.2. The van der Waals surface area contributed by atoms with Crippen LogP contribution in [0.1, 0.15) is 18.9 Å². The van der Waals surface area contributed by atoms with Crippen LogP contribution >= 0.6 is 0 Å². The molecule has 1 unspecified atom stereocenters. The van der Waals surface area contributed by atoms with Gasteiger partial charge in [0.2, 0.25) is 0 Å². The summed E-state index contributed by atoms with van der Waals surface area (Å²) in [6, 6.07) is 7.27. The predicted octanol–water partition coefficient (Wildman–Crippen LogP) is 1.63. The van der Waals surface area contributed by atoms with Crippen molar-refractivity contribution in [3.63, 3.8) is 0 Å². The highest BCUT2D eigenvalue weighted by Gasteiger charge is 2.23. The van der Waals surface area contributed by atoms with E-state index in [1.165, 1.54) is 5.56 Å². The third-order valence-corrected chi connectivity index (χ3v) is 5.21. The normalized spacial score (nSPS) is 20.6. The summed E-state index contributed by atoms with van der Waals surface area (Å²) in [4.78, 5) is 0.460. The van der Waals surface area contributed by atoms with Crippen molar-refractivity contribution in [2.24, 2.45) is 5.92 Å². The number of rotatable bonds is 4. The first-order valence-corrected chi connectivity index (χ1v) is 7.79. The lowest BCUT2D eigenvalue weighted by Gasteiger charge is -2.09. The molecule has 0 spiro atoms. The van der Waals surface area contributed by atoms with Crippen LogP contribution in [0.4, 0.5) is 0 Å². The van der Waals surface area contributed by atoms with Crippen molar-refractivity contribution in [2.45, 2.75) is 24.7 Å². The summed E-state index contributed by atoms with van der Waals surface area (Å²) in [5.41, 5.74) is 1.17. The number of hydrogen-bond donors (Lipinski definition) is 1. The monoisotopic (exact) mass is 253 g/mol. The second kappa shape index (κ2) is 5.19. The van der Waals surface area contributed by atoms with Gasteiger partial charge in [0, 0.05) is 0 Å². The average molecular weight is 253 g/mol. The van der Waals surface area contributed by atoms with Crippen LogP contribution in [0.3, 0.4) is 0 Å². The molecule has 0 radical (unpaired) electrons. The molecule has 1 aliphatic rings. The Kier molecular flexibility index (Phi) is 3.84. The highest BCUT2D eigenvalue weighted by atomic mass is 32.2. The van der Waals surface area contributed by atoms with Crippen LogP contribution < -0.4 is 5.32 Å². The summed E-state index contributed by atoms with van der Waals surface area (Å²) in [6.45, 7) is 3.83. The van der Waals surface area contributed by atoms with Gasteiger partial charge < -0.3 is 5.32 Å². The molecule has 17 heavy (non-hydrogen) atoms. The van der Waals surface area contributed by atoms with E-state index in [2.05, 4.69) is 12.2 Å². The number of nitrogens with one attached hydrogen (secondary N) is 1. The van der Waals surface area contributed by atoms with Gasteiger partial charge in [0.05, 0.1) is 10.6 Å². The summed E-state index contributed by atoms with van der Waals surface area (Å²) in [5.74, 6) is 0.539. The minimum absolute atomic E-state index is 0.269. The first-order valence-electron chi connectivity index (χ1n) is 6.14. The third kappa shape index (κ3) is 3.07. The van der Waals surface area contributed by atoms with E-state index in [-0.39, 0.29) is 11.7 Å². The van der Waals surface area contributed by atoms with Gasteiger partial charge in [0.1, 0.15) is 0 Å². The summed E-state index contributed by atoms with van der Waals surface area (Å²) >= 11 is 0. The SMILES string of the molecule is CCc1ccc(S(=O)(=O)CC2CCNC2)cc1. The van der Waals surface area contributed by atoms with E-state index in [1.807, 2.05) is 12.1 Å². The number of aryl methyl sites for hydroxylation is 1. The van der Waals surface area contributed by atoms with Gasteiger partial charge in [-0.1, -0.05) is 19.1 Å². The molecule has 1 aliphatic heterocycles. The molecule has 0 aromatic heterocycles. The lowest BCUT2D eigenvalue weighted by Crippen LogP contribution is -2.18. The Bertz CT molecular complexity index is 459. The first-order chi connectivity index (χ1) is 8.12. The second-order valence-corrected chi connectivity index (χ2v) is 6.67. The summed E-state index contributed by atoms with van der Waals surface area (Å²) in [7, 11) is -3.11. The Morgan fingerprint density at radius 3 is 2.53 bits per heavy atom. The van der Waals surface area contributed by atoms with Crippen LogP contribution in [0.25, 0.3) is 0 Å². The molecule has 94 valence electrons. The number of sulfone groups is 1. The van der Waals surface area contributed by atoms with E-state index in [0.29, 0.717) is 4.90 Å². The molecule has 1 N–H and O–H groups in total. The fourth-order valence-electron chi connectivity index (χ4n) is 2.20. The molecule has 1 atom stereocenters. The van der Waals surface area contributed by atoms with E-state index in [0.717, 1.165) is 25.9 Å². The van der Waals surface area contributed by atoms with Crippen molar-refractivity contribution in [1.82, 2.24) is 5.32 Å². The Hall–Kier alpha value is -0.870. The van der Waals surface area contributed by atoms with Crippen LogP contribution in [0.2, 0.25) is 0 Å². The van der Waals surface area contributed by atoms with Crippen molar-refractivity contribution in [3.05, 3.63) is 29.8 Å². The fourth-order valence-corrected chi connectivity index (χ4v) is 3.84. The van der Waals surface area contributed by atoms with E-state index in [4.69, 9.17) is 0 Å². The molecule has 1 aromatic carbocycles. The second-order valence-electron chi connectivity index (χ2n) is 4.64. The maximum absolute atomic E-state index is 12.2. The molecule has 2 rings (SSSR count). The molecule has 1 fully saturated rings. The largest absolute Gasteiger partial charge is 0.316 e. The van der Waals surface area contributed by atoms with Gasteiger partial charge in [-0.15, -0.1) is 0 Å². The standard InChI is InChI=1S/C13H19NO2S/c1-2-11-3-5-13(6-4-11)17(15,16)10-12-7-8-14-9-12/h3-6,12,14H,2,7-10H2,1H3. The molecular formula is C13H19NO2S. The van der Waals surface area contributed by atoms with Gasteiger partial charge in [0.25, 0.3) is 0 Å². The van der Waals surface area contributed by atoms with E-state index >= 15 is 0 Å². The molecule has 1 heterocycles. The summed E-state index contributed by atoms with van der Waals surface area (Å²) in [5, 5.41) is 3.20. The van der Waals surface area contributed by atoms with Crippen LogP contribution in [0.5, 0.6) is 0 Å². The number of benzene rings is 1. The van der Waals surface area contributed by atoms with Crippen molar-refractivity contribution >= 4 is 9.84 Å². The van der Waals surface area contributed by atoms with Gasteiger partial charge in [-0.25, -0.2) is 8.42 Å². The van der Waals surface area contributed by atoms with Crippen LogP contribution in [-0.4, -0.2) is 27.3 Å². The third-order valence-electron chi connectivity index (χ3n) is 3.31. The zero-order chi connectivity index (χ0) is 12.3. The maximum Gasteiger partial charge on any atom is 0.178 e. The zero-order valence-corrected chi connectivity index (χ0v) is 11.0. The van der Waals surface area contributed by atoms with Gasteiger partial charge in [-0.3, -0.25) is 0 Å². The highest BCUT2D eigenvalue weighted by molar-refractivity contribution is 7.91. The fraction of sp³-hybridized carbons (Fsp3) is 0.538. The molecule has 0 bridgehead atoms. The Morgan fingerprint density at radius 1 is 1.29 bits per heavy atom. The molecule has 1 aromatic rings. The molecule has 0 aliphatic carbocycles. The van der Waals surface area contributed by atoms with Crippen molar-refractivity contribution in [3.8, 4) is 0 Å². The Balaban J connectivity index is 2.12. The maximum atomic E-state index is 12.2. The molecule has 3 nitrogen and oxygen atoms in total. The topological polar surface area (TPSA) is 46.2 Å². The Morgan fingerprint density at radius 2 is 2.00 bits per heavy atom. The first kappa shape index (κ1) is 12.6. The minimum Gasteiger partial charge on any atom is -0.316 e. The van der Waals surface area contributed by atoms with Gasteiger partial charge in [0.15, 0.2) is 9.84 Å². The quantitative estimate of drug-likeness (QED) is 0.887. The predicted molar refractivity (Wildman–Crippen MR) is 68.8 cm³/mol. The minimum atomic E-state index is -3.11. The zero-order valence-electron chi connectivity index (χ0n) is 10.1. The van der Waals surface area contributed by atoms with E-state index in [9.17, 15) is 8.42 Å². The van der Waals surface area contributed by atoms with E-state index < -0.39 is 9.84 Å². The smallest absolute Gasteiger partial charge is 0.178 e. The lowest BCUT2D eigenvalue weighted by molar-refractivity contribution is 0.570. The van der Waals surface area contributed by atoms with Gasteiger partial charge in [-0.2, -0.15) is 0 Å². The van der Waals surface area contributed by atoms with Crippen molar-refractivity contribution in [1.29, 1.82) is 0 Å². The molecular weight excluding hydrogens is 234 g/mol. The van der Waals surface area contributed by atoms with Crippen LogP contribution in [0.15, 0.2) is 29.2 Å². The molecule has 1 saturated heterocycles. The van der Waals surface area contributed by atoms with Crippen LogP contribution in [0, 0.1) is 5.92 Å². The van der Waals surface area contributed by atoms with Crippen molar-refractivity contribution in [2.75, 3.05) is 18.8 Å². The summed E-state index contributed by atoms with van der Waals surface area (Å²) < 4.78 is 24.3. The summed E-state index contributed by atoms with van der Waals surface area (Å²) in [6.07, 6.45) is 1.90. The average Bonchev–Trinajstić information content (AvgIpc) is 2.81. The van der Waals surface area contributed by atoms with E-state index in [1.54, 1.807) is 12.1 Å². The number of hydrogen-bond acceptors (Lipinski definition) is 3. The highest BCUT2D eigenvalue weighted by Crippen LogP contribution is 2.18. The molecule has 0 saturated carbocycles. The van der Waals surface area contributed by atoms with Crippen molar-refractivity contribution < 1.29 is 8.42 Å². The molecule has 4 heteroatoms. The van der Waals surface area contributed by atoms with Gasteiger partial charge in [-0.05, 0) is 49.5 Å². The molecule has 0 amide bonds. The Labute approximate surface area is 103 Å².